The Morgan fingerprint density at radius 2 is 2.08 bits per heavy atom. The Balaban J connectivity index is 2.24. The molecular weight excluding hydrogens is 168 g/mol. The molecule has 0 spiro atoms. The van der Waals surface area contributed by atoms with Gasteiger partial charge in [-0.1, -0.05) is 0 Å². The average Bonchev–Trinajstić information content (AvgIpc) is 2.17. The van der Waals surface area contributed by atoms with Crippen molar-refractivity contribution in [2.24, 2.45) is 5.73 Å². The summed E-state index contributed by atoms with van der Waals surface area (Å²) in [6, 6.07) is -0.392. The molecule has 13 heavy (non-hydrogen) atoms. The molecule has 1 aliphatic rings. The number of hydrogen-bond acceptors (Lipinski definition) is 3. The second kappa shape index (κ2) is 3.01. The van der Waals surface area contributed by atoms with Gasteiger partial charge in [0.1, 0.15) is 0 Å². The van der Waals surface area contributed by atoms with E-state index < -0.39 is 6.03 Å². The number of rotatable bonds is 0. The zero-order valence-corrected chi connectivity index (χ0v) is 7.10. The Morgan fingerprint density at radius 1 is 1.38 bits per heavy atom. The first-order valence-corrected chi connectivity index (χ1v) is 4.10. The van der Waals surface area contributed by atoms with E-state index in [2.05, 4.69) is 9.97 Å². The number of amides is 2. The Hall–Kier alpha value is -1.65. The van der Waals surface area contributed by atoms with E-state index in [0.717, 1.165) is 17.8 Å². The van der Waals surface area contributed by atoms with Crippen molar-refractivity contribution in [2.75, 3.05) is 6.54 Å². The van der Waals surface area contributed by atoms with Crippen LogP contribution in [0.1, 0.15) is 11.4 Å². The lowest BCUT2D eigenvalue weighted by Gasteiger charge is -2.25. The summed E-state index contributed by atoms with van der Waals surface area (Å²) in [5, 5.41) is 0. The van der Waals surface area contributed by atoms with Crippen molar-refractivity contribution in [1.82, 2.24) is 14.9 Å². The summed E-state index contributed by atoms with van der Waals surface area (Å²) in [5.41, 5.74) is 6.99. The lowest BCUT2D eigenvalue weighted by atomic mass is 10.1. The molecule has 0 fully saturated rings. The molecule has 0 saturated heterocycles. The minimum absolute atomic E-state index is 0.392. The van der Waals surface area contributed by atoms with Gasteiger partial charge < -0.3 is 10.6 Å². The van der Waals surface area contributed by atoms with Crippen molar-refractivity contribution in [2.45, 2.75) is 13.0 Å². The van der Waals surface area contributed by atoms with E-state index in [9.17, 15) is 4.79 Å². The quantitative estimate of drug-likeness (QED) is 0.603. The van der Waals surface area contributed by atoms with Crippen LogP contribution in [0.2, 0.25) is 0 Å². The average molecular weight is 178 g/mol. The van der Waals surface area contributed by atoms with Gasteiger partial charge in [0.05, 0.1) is 17.9 Å². The van der Waals surface area contributed by atoms with Crippen LogP contribution >= 0.6 is 0 Å². The summed E-state index contributed by atoms with van der Waals surface area (Å²) in [6.45, 7) is 1.12. The minimum Gasteiger partial charge on any atom is -0.351 e. The molecular formula is C8H10N4O. The van der Waals surface area contributed by atoms with Gasteiger partial charge in [-0.3, -0.25) is 9.97 Å². The highest BCUT2D eigenvalue weighted by atomic mass is 16.2. The third kappa shape index (κ3) is 1.44. The zero-order valence-electron chi connectivity index (χ0n) is 7.10. The fourth-order valence-electron chi connectivity index (χ4n) is 1.43. The van der Waals surface area contributed by atoms with Crippen LogP contribution in [0.15, 0.2) is 12.4 Å². The summed E-state index contributed by atoms with van der Waals surface area (Å²) in [4.78, 5) is 20.7. The fraction of sp³-hybridized carbons (Fsp3) is 0.375. The Labute approximate surface area is 75.6 Å². The molecule has 0 aromatic carbocycles. The van der Waals surface area contributed by atoms with Crippen LogP contribution in [0.5, 0.6) is 0 Å². The molecule has 0 radical (unpaired) electrons. The number of carbonyl (C=O) groups excluding carboxylic acids is 1. The molecule has 0 saturated carbocycles. The summed E-state index contributed by atoms with van der Waals surface area (Å²) in [5.74, 6) is 0. The molecule has 1 aromatic rings. The van der Waals surface area contributed by atoms with Gasteiger partial charge in [-0.05, 0) is 0 Å². The van der Waals surface area contributed by atoms with Gasteiger partial charge >= 0.3 is 6.03 Å². The second-order valence-electron chi connectivity index (χ2n) is 2.96. The number of hydrogen-bond donors (Lipinski definition) is 1. The number of nitrogens with zero attached hydrogens (tertiary/aromatic N) is 3. The van der Waals surface area contributed by atoms with Crippen LogP contribution in [-0.2, 0) is 13.0 Å². The highest BCUT2D eigenvalue weighted by Gasteiger charge is 2.19. The summed E-state index contributed by atoms with van der Waals surface area (Å²) in [6.07, 6.45) is 4.04. The van der Waals surface area contributed by atoms with E-state index in [1.165, 1.54) is 0 Å². The van der Waals surface area contributed by atoms with Crippen molar-refractivity contribution < 1.29 is 4.79 Å². The largest absolute Gasteiger partial charge is 0.351 e. The van der Waals surface area contributed by atoms with Gasteiger partial charge in [0.2, 0.25) is 0 Å². The van der Waals surface area contributed by atoms with Crippen LogP contribution in [-0.4, -0.2) is 27.4 Å². The maximum atomic E-state index is 10.9. The fourth-order valence-corrected chi connectivity index (χ4v) is 1.43. The van der Waals surface area contributed by atoms with Crippen molar-refractivity contribution in [3.05, 3.63) is 23.8 Å². The highest BCUT2D eigenvalue weighted by molar-refractivity contribution is 5.72. The Morgan fingerprint density at radius 3 is 2.77 bits per heavy atom. The molecule has 1 aliphatic heterocycles. The highest BCUT2D eigenvalue weighted by Crippen LogP contribution is 2.12. The molecule has 68 valence electrons. The molecule has 0 atom stereocenters. The Bertz CT molecular complexity index is 339. The van der Waals surface area contributed by atoms with Gasteiger partial charge in [0.25, 0.3) is 0 Å². The first-order valence-electron chi connectivity index (χ1n) is 4.10. The van der Waals surface area contributed by atoms with Crippen molar-refractivity contribution in [3.63, 3.8) is 0 Å². The number of urea groups is 1. The molecule has 2 heterocycles. The van der Waals surface area contributed by atoms with Gasteiger partial charge in [0, 0.05) is 25.4 Å². The summed E-state index contributed by atoms with van der Waals surface area (Å²) >= 11 is 0. The molecule has 5 heteroatoms. The zero-order chi connectivity index (χ0) is 9.26. The monoisotopic (exact) mass is 178 g/mol. The number of nitrogens with two attached hydrogens (primary N) is 1. The third-order valence-electron chi connectivity index (χ3n) is 2.13. The molecule has 5 nitrogen and oxygen atoms in total. The lowest BCUT2D eigenvalue weighted by Crippen LogP contribution is -2.40. The van der Waals surface area contributed by atoms with Crippen molar-refractivity contribution >= 4 is 6.03 Å². The number of carbonyl (C=O) groups is 1. The maximum absolute atomic E-state index is 10.9. The second-order valence-corrected chi connectivity index (χ2v) is 2.96. The van der Waals surface area contributed by atoms with Gasteiger partial charge in [-0.2, -0.15) is 0 Å². The van der Waals surface area contributed by atoms with Gasteiger partial charge in [0.15, 0.2) is 0 Å². The first-order chi connectivity index (χ1) is 6.27. The number of primary amides is 1. The van der Waals surface area contributed by atoms with Crippen LogP contribution in [0.4, 0.5) is 4.79 Å². The molecule has 2 amide bonds. The topological polar surface area (TPSA) is 72.1 Å². The minimum atomic E-state index is -0.392. The van der Waals surface area contributed by atoms with Gasteiger partial charge in [-0.25, -0.2) is 4.79 Å². The number of aromatic nitrogens is 2. The standard InChI is InChI=1S/C8H10N4O/c9-8(13)12-4-1-6-7(5-12)11-3-2-10-6/h2-3H,1,4-5H2,(H2,9,13). The predicted molar refractivity (Wildman–Crippen MR) is 45.7 cm³/mol. The van der Waals surface area contributed by atoms with Gasteiger partial charge in [-0.15, -0.1) is 0 Å². The Kier molecular flexibility index (Phi) is 1.84. The van der Waals surface area contributed by atoms with Crippen LogP contribution < -0.4 is 5.73 Å². The molecule has 0 unspecified atom stereocenters. The molecule has 0 aliphatic carbocycles. The van der Waals surface area contributed by atoms with E-state index in [-0.39, 0.29) is 0 Å². The first kappa shape index (κ1) is 7.97. The van der Waals surface area contributed by atoms with E-state index in [1.54, 1.807) is 17.3 Å². The van der Waals surface area contributed by atoms with Crippen molar-refractivity contribution in [1.29, 1.82) is 0 Å². The maximum Gasteiger partial charge on any atom is 0.315 e. The normalized spacial score (nSPS) is 15.2. The van der Waals surface area contributed by atoms with Crippen molar-refractivity contribution in [3.8, 4) is 0 Å². The van der Waals surface area contributed by atoms with Crippen LogP contribution in [0.25, 0.3) is 0 Å². The predicted octanol–water partition coefficient (Wildman–Crippen LogP) is -0.0866. The van der Waals surface area contributed by atoms with E-state index in [1.807, 2.05) is 0 Å². The summed E-state index contributed by atoms with van der Waals surface area (Å²) in [7, 11) is 0. The third-order valence-corrected chi connectivity index (χ3v) is 2.13. The molecule has 0 bridgehead atoms. The lowest BCUT2D eigenvalue weighted by molar-refractivity contribution is 0.200. The molecule has 2 rings (SSSR count). The van der Waals surface area contributed by atoms with Crippen LogP contribution in [0.3, 0.4) is 0 Å². The number of fused-ring (bicyclic) bond motifs is 1. The molecule has 1 aromatic heterocycles. The van der Waals surface area contributed by atoms with E-state index in [0.29, 0.717) is 13.1 Å². The SMILES string of the molecule is NC(=O)N1CCc2nccnc2C1. The van der Waals surface area contributed by atoms with E-state index >= 15 is 0 Å². The van der Waals surface area contributed by atoms with E-state index in [4.69, 9.17) is 5.73 Å². The summed E-state index contributed by atoms with van der Waals surface area (Å²) < 4.78 is 0. The smallest absolute Gasteiger partial charge is 0.315 e. The molecule has 2 N–H and O–H groups in total. The van der Waals surface area contributed by atoms with Crippen LogP contribution in [0, 0.1) is 0 Å².